The number of carbonyl (C=O) groups excluding carboxylic acids is 1. The summed E-state index contributed by atoms with van der Waals surface area (Å²) in [6, 6.07) is 18.3. The number of para-hydroxylation sites is 2. The molecule has 25 heavy (non-hydrogen) atoms. The number of hydrogen-bond donors (Lipinski definition) is 0. The van der Waals surface area contributed by atoms with E-state index in [9.17, 15) is 4.79 Å². The van der Waals surface area contributed by atoms with E-state index in [-0.39, 0.29) is 5.91 Å². The molecule has 0 radical (unpaired) electrons. The molecule has 2 heterocycles. The number of hydrogen-bond acceptors (Lipinski definition) is 2. The summed E-state index contributed by atoms with van der Waals surface area (Å²) in [6.07, 6.45) is 4.03. The van der Waals surface area contributed by atoms with Crippen LogP contribution in [-0.4, -0.2) is 5.91 Å². The molecule has 0 bridgehead atoms. The van der Waals surface area contributed by atoms with Crippen LogP contribution in [0.4, 0.5) is 11.4 Å². The van der Waals surface area contributed by atoms with Gasteiger partial charge >= 0.3 is 0 Å². The zero-order chi connectivity index (χ0) is 17.4. The monoisotopic (exact) mass is 347 g/mol. The lowest BCUT2D eigenvalue weighted by atomic mass is 10.2. The van der Waals surface area contributed by atoms with Crippen LogP contribution in [0.25, 0.3) is 0 Å². The van der Waals surface area contributed by atoms with E-state index < -0.39 is 0 Å². The standard InChI is InChI=1S/C21H19N2OS/c1-15-11-16(2)13-22(12-15)14-21(24)23-17-7-3-5-9-19(17)25-20-10-6-4-8-18(20)23/h3-13H,14H2,1-2H3/q+1. The first kappa shape index (κ1) is 15.9. The van der Waals surface area contributed by atoms with Crippen LogP contribution in [0, 0.1) is 13.8 Å². The quantitative estimate of drug-likeness (QED) is 0.641. The molecule has 0 unspecified atom stereocenters. The number of aryl methyl sites for hydroxylation is 2. The van der Waals surface area contributed by atoms with Crippen molar-refractivity contribution in [1.29, 1.82) is 0 Å². The van der Waals surface area contributed by atoms with Crippen LogP contribution in [0.15, 0.2) is 76.8 Å². The Morgan fingerprint density at radius 2 is 1.44 bits per heavy atom. The number of aromatic nitrogens is 1. The molecule has 3 nitrogen and oxygen atoms in total. The molecule has 4 heteroatoms. The van der Waals surface area contributed by atoms with Crippen molar-refractivity contribution >= 4 is 29.0 Å². The van der Waals surface area contributed by atoms with Crippen molar-refractivity contribution in [2.24, 2.45) is 0 Å². The van der Waals surface area contributed by atoms with Crippen LogP contribution in [0.1, 0.15) is 11.1 Å². The van der Waals surface area contributed by atoms with Crippen molar-refractivity contribution in [3.8, 4) is 0 Å². The van der Waals surface area contributed by atoms with Gasteiger partial charge in [0.05, 0.1) is 11.4 Å². The molecule has 1 aromatic heterocycles. The van der Waals surface area contributed by atoms with Crippen molar-refractivity contribution in [1.82, 2.24) is 0 Å². The lowest BCUT2D eigenvalue weighted by molar-refractivity contribution is -0.684. The van der Waals surface area contributed by atoms with Crippen LogP contribution in [0.2, 0.25) is 0 Å². The Balaban J connectivity index is 1.75. The average Bonchev–Trinajstić information content (AvgIpc) is 2.58. The SMILES string of the molecule is Cc1cc(C)c[n+](CC(=O)N2c3ccccc3Sc3ccccc32)c1. The molecule has 0 N–H and O–H groups in total. The Morgan fingerprint density at radius 3 is 2.00 bits per heavy atom. The Kier molecular flexibility index (Phi) is 4.06. The smallest absolute Gasteiger partial charge is 0.273 e. The van der Waals surface area contributed by atoms with Gasteiger partial charge in [0, 0.05) is 20.9 Å². The first-order valence-electron chi connectivity index (χ1n) is 8.28. The van der Waals surface area contributed by atoms with E-state index in [1.807, 2.05) is 58.3 Å². The molecule has 124 valence electrons. The van der Waals surface area contributed by atoms with Gasteiger partial charge in [-0.2, -0.15) is 4.57 Å². The topological polar surface area (TPSA) is 24.2 Å². The van der Waals surface area contributed by atoms with E-state index in [4.69, 9.17) is 0 Å². The van der Waals surface area contributed by atoms with Crippen molar-refractivity contribution in [2.45, 2.75) is 30.2 Å². The minimum absolute atomic E-state index is 0.0650. The maximum absolute atomic E-state index is 13.2. The second kappa shape index (κ2) is 6.37. The summed E-state index contributed by atoms with van der Waals surface area (Å²) in [5.41, 5.74) is 4.23. The maximum atomic E-state index is 13.2. The van der Waals surface area contributed by atoms with E-state index in [0.717, 1.165) is 32.3 Å². The highest BCUT2D eigenvalue weighted by molar-refractivity contribution is 7.99. The fourth-order valence-corrected chi connectivity index (χ4v) is 4.34. The summed E-state index contributed by atoms with van der Waals surface area (Å²) in [4.78, 5) is 17.3. The summed E-state index contributed by atoms with van der Waals surface area (Å²) in [5, 5.41) is 0. The molecule has 0 aliphatic carbocycles. The van der Waals surface area contributed by atoms with Gasteiger partial charge in [-0.25, -0.2) is 0 Å². The fraction of sp³-hybridized carbons (Fsp3) is 0.143. The summed E-state index contributed by atoms with van der Waals surface area (Å²) >= 11 is 1.71. The van der Waals surface area contributed by atoms with Crippen LogP contribution in [-0.2, 0) is 11.3 Å². The molecule has 0 saturated heterocycles. The molecule has 2 aromatic carbocycles. The summed E-state index contributed by atoms with van der Waals surface area (Å²) < 4.78 is 1.97. The molecular formula is C21H19N2OS+. The van der Waals surface area contributed by atoms with Gasteiger partial charge in [0.15, 0.2) is 12.4 Å². The summed E-state index contributed by atoms with van der Waals surface area (Å²) in [5.74, 6) is 0.0650. The minimum Gasteiger partial charge on any atom is -0.273 e. The van der Waals surface area contributed by atoms with Gasteiger partial charge in [0.25, 0.3) is 5.91 Å². The van der Waals surface area contributed by atoms with Crippen molar-refractivity contribution in [3.05, 3.63) is 78.1 Å². The molecule has 3 aromatic rings. The number of nitrogens with zero attached hydrogens (tertiary/aromatic N) is 2. The van der Waals surface area contributed by atoms with E-state index in [1.165, 1.54) is 0 Å². The van der Waals surface area contributed by atoms with E-state index in [1.54, 1.807) is 11.8 Å². The highest BCUT2D eigenvalue weighted by atomic mass is 32.2. The maximum Gasteiger partial charge on any atom is 0.297 e. The van der Waals surface area contributed by atoms with Crippen LogP contribution in [0.3, 0.4) is 0 Å². The van der Waals surface area contributed by atoms with Gasteiger partial charge in [-0.15, -0.1) is 0 Å². The highest BCUT2D eigenvalue weighted by Crippen LogP contribution is 2.47. The second-order valence-corrected chi connectivity index (χ2v) is 7.41. The summed E-state index contributed by atoms with van der Waals surface area (Å²) in [6.45, 7) is 4.42. The number of pyridine rings is 1. The lowest BCUT2D eigenvalue weighted by Gasteiger charge is -2.30. The Morgan fingerprint density at radius 1 is 0.920 bits per heavy atom. The summed E-state index contributed by atoms with van der Waals surface area (Å²) in [7, 11) is 0. The molecule has 0 saturated carbocycles. The molecular weight excluding hydrogens is 328 g/mol. The first-order chi connectivity index (χ1) is 12.1. The number of anilines is 2. The van der Waals surface area contributed by atoms with Gasteiger partial charge in [0.2, 0.25) is 6.54 Å². The van der Waals surface area contributed by atoms with Gasteiger partial charge in [0.1, 0.15) is 0 Å². The minimum atomic E-state index is 0.0650. The van der Waals surface area contributed by atoms with Gasteiger partial charge in [-0.3, -0.25) is 9.69 Å². The predicted molar refractivity (Wildman–Crippen MR) is 100 cm³/mol. The zero-order valence-corrected chi connectivity index (χ0v) is 15.1. The zero-order valence-electron chi connectivity index (χ0n) is 14.3. The Labute approximate surface area is 151 Å². The van der Waals surface area contributed by atoms with E-state index >= 15 is 0 Å². The number of amides is 1. The molecule has 1 aliphatic rings. The highest BCUT2D eigenvalue weighted by Gasteiger charge is 2.29. The third kappa shape index (κ3) is 3.05. The number of rotatable bonds is 2. The molecule has 1 amide bonds. The van der Waals surface area contributed by atoms with Gasteiger partial charge < -0.3 is 0 Å². The third-order valence-corrected chi connectivity index (χ3v) is 5.32. The number of fused-ring (bicyclic) bond motifs is 2. The second-order valence-electron chi connectivity index (χ2n) is 6.33. The number of benzene rings is 2. The first-order valence-corrected chi connectivity index (χ1v) is 9.10. The predicted octanol–water partition coefficient (Wildman–Crippen LogP) is 4.42. The molecule has 0 spiro atoms. The van der Waals surface area contributed by atoms with Crippen LogP contribution < -0.4 is 9.47 Å². The van der Waals surface area contributed by atoms with E-state index in [0.29, 0.717) is 6.54 Å². The third-order valence-electron chi connectivity index (χ3n) is 4.19. The van der Waals surface area contributed by atoms with Crippen LogP contribution >= 0.6 is 11.8 Å². The van der Waals surface area contributed by atoms with E-state index in [2.05, 4.69) is 32.0 Å². The van der Waals surface area contributed by atoms with Crippen molar-refractivity contribution in [3.63, 3.8) is 0 Å². The lowest BCUT2D eigenvalue weighted by Crippen LogP contribution is -2.44. The normalized spacial score (nSPS) is 12.5. The largest absolute Gasteiger partial charge is 0.297 e. The molecule has 0 fully saturated rings. The molecule has 1 aliphatic heterocycles. The van der Waals surface area contributed by atoms with Gasteiger partial charge in [-0.1, -0.05) is 36.0 Å². The van der Waals surface area contributed by atoms with Crippen molar-refractivity contribution in [2.75, 3.05) is 4.90 Å². The molecule has 0 atom stereocenters. The Hall–Kier alpha value is -2.59. The van der Waals surface area contributed by atoms with Crippen molar-refractivity contribution < 1.29 is 9.36 Å². The Bertz CT molecular complexity index is 902. The fourth-order valence-electron chi connectivity index (χ4n) is 3.29. The molecule has 4 rings (SSSR count). The number of carbonyl (C=O) groups is 1. The van der Waals surface area contributed by atoms with Crippen LogP contribution in [0.5, 0.6) is 0 Å². The average molecular weight is 347 g/mol. The van der Waals surface area contributed by atoms with Gasteiger partial charge in [-0.05, 0) is 44.2 Å².